The van der Waals surface area contributed by atoms with Crippen molar-refractivity contribution in [3.8, 4) is 0 Å². The van der Waals surface area contributed by atoms with Gasteiger partial charge in [0.2, 0.25) is 0 Å². The fourth-order valence-corrected chi connectivity index (χ4v) is 4.26. The molecule has 0 saturated carbocycles. The van der Waals surface area contributed by atoms with E-state index >= 15 is 0 Å². The first-order chi connectivity index (χ1) is 14.4. The summed E-state index contributed by atoms with van der Waals surface area (Å²) in [5, 5.41) is 8.30. The number of halogens is 1. The number of anilines is 2. The first-order valence-electron chi connectivity index (χ1n) is 10.1. The number of aromatic nitrogens is 4. The van der Waals surface area contributed by atoms with E-state index in [1.165, 1.54) is 6.07 Å². The van der Waals surface area contributed by atoms with Crippen LogP contribution in [0.15, 0.2) is 36.8 Å². The maximum Gasteiger partial charge on any atom is 0.257 e. The minimum atomic E-state index is -0.484. The average molecular weight is 406 g/mol. The van der Waals surface area contributed by atoms with Crippen molar-refractivity contribution in [2.24, 2.45) is 13.0 Å². The molecule has 0 aliphatic carbocycles. The lowest BCUT2D eigenvalue weighted by molar-refractivity contribution is 0.102. The third-order valence-electron chi connectivity index (χ3n) is 5.66. The van der Waals surface area contributed by atoms with Crippen molar-refractivity contribution in [1.82, 2.24) is 19.2 Å². The molecule has 154 valence electrons. The molecule has 1 aromatic carbocycles. The van der Waals surface area contributed by atoms with Gasteiger partial charge in [-0.3, -0.25) is 9.48 Å². The molecule has 1 aliphatic heterocycles. The van der Waals surface area contributed by atoms with Crippen molar-refractivity contribution in [3.05, 3.63) is 53.9 Å². The normalized spacial score (nSPS) is 16.7. The minimum absolute atomic E-state index is 0.238. The molecule has 7 nitrogen and oxygen atoms in total. The molecule has 4 heterocycles. The van der Waals surface area contributed by atoms with Crippen LogP contribution in [0.2, 0.25) is 0 Å². The number of rotatable bonds is 3. The second-order valence-corrected chi connectivity index (χ2v) is 8.18. The zero-order valence-electron chi connectivity index (χ0n) is 17.2. The molecule has 1 unspecified atom stereocenters. The number of carbonyl (C=O) groups is 1. The van der Waals surface area contributed by atoms with Gasteiger partial charge in [0.05, 0.1) is 16.9 Å². The second kappa shape index (κ2) is 6.83. The molecular weight excluding hydrogens is 383 g/mol. The van der Waals surface area contributed by atoms with Gasteiger partial charge in [0.1, 0.15) is 5.52 Å². The van der Waals surface area contributed by atoms with Gasteiger partial charge in [-0.2, -0.15) is 5.10 Å². The van der Waals surface area contributed by atoms with Crippen molar-refractivity contribution < 1.29 is 9.18 Å². The highest BCUT2D eigenvalue weighted by Crippen LogP contribution is 2.32. The highest BCUT2D eigenvalue weighted by Gasteiger charge is 2.23. The number of hydrogen-bond donors (Lipinski definition) is 1. The Bertz CT molecular complexity index is 1290. The largest absolute Gasteiger partial charge is 0.371 e. The molecule has 30 heavy (non-hydrogen) atoms. The van der Waals surface area contributed by atoms with Crippen molar-refractivity contribution in [2.75, 3.05) is 23.3 Å². The smallest absolute Gasteiger partial charge is 0.257 e. The molecular formula is C22H23FN6O. The van der Waals surface area contributed by atoms with Crippen LogP contribution in [-0.2, 0) is 7.05 Å². The predicted octanol–water partition coefficient (Wildman–Crippen LogP) is 3.77. The molecule has 1 aliphatic rings. The average Bonchev–Trinajstić information content (AvgIpc) is 3.38. The number of fused-ring (bicyclic) bond motifs is 2. The van der Waals surface area contributed by atoms with E-state index in [0.29, 0.717) is 28.4 Å². The van der Waals surface area contributed by atoms with E-state index < -0.39 is 5.82 Å². The highest BCUT2D eigenvalue weighted by molar-refractivity contribution is 6.13. The van der Waals surface area contributed by atoms with Crippen LogP contribution in [-0.4, -0.2) is 38.2 Å². The Morgan fingerprint density at radius 2 is 2.10 bits per heavy atom. The molecule has 4 aromatic rings. The van der Waals surface area contributed by atoms with Gasteiger partial charge in [0, 0.05) is 55.9 Å². The number of nitrogens with zero attached hydrogens (tertiary/aromatic N) is 5. The monoisotopic (exact) mass is 406 g/mol. The van der Waals surface area contributed by atoms with Crippen molar-refractivity contribution in [1.29, 1.82) is 0 Å². The second-order valence-electron chi connectivity index (χ2n) is 8.18. The topological polar surface area (TPSA) is 67.5 Å². The van der Waals surface area contributed by atoms with E-state index in [1.54, 1.807) is 34.5 Å². The number of amides is 1. The van der Waals surface area contributed by atoms with Gasteiger partial charge in [0.15, 0.2) is 11.5 Å². The first-order valence-corrected chi connectivity index (χ1v) is 10.1. The molecule has 1 atom stereocenters. The molecule has 1 saturated heterocycles. The molecule has 0 spiro atoms. The van der Waals surface area contributed by atoms with E-state index in [0.717, 1.165) is 30.6 Å². The fourth-order valence-electron chi connectivity index (χ4n) is 4.26. The van der Waals surface area contributed by atoms with E-state index in [-0.39, 0.29) is 11.6 Å². The Morgan fingerprint density at radius 3 is 2.87 bits per heavy atom. The number of pyridine rings is 1. The third kappa shape index (κ3) is 3.08. The molecule has 3 aromatic heterocycles. The lowest BCUT2D eigenvalue weighted by Gasteiger charge is -2.19. The van der Waals surface area contributed by atoms with Crippen LogP contribution in [0, 0.1) is 18.7 Å². The van der Waals surface area contributed by atoms with Crippen molar-refractivity contribution in [2.45, 2.75) is 20.3 Å². The minimum Gasteiger partial charge on any atom is -0.371 e. The van der Waals surface area contributed by atoms with Crippen LogP contribution in [0.4, 0.5) is 15.8 Å². The lowest BCUT2D eigenvalue weighted by Crippen LogP contribution is -2.20. The number of carbonyl (C=O) groups excluding carboxylic acids is 1. The summed E-state index contributed by atoms with van der Waals surface area (Å²) in [4.78, 5) is 19.5. The Hall–Kier alpha value is -3.42. The van der Waals surface area contributed by atoms with Crippen LogP contribution in [0.1, 0.15) is 29.4 Å². The fraction of sp³-hybridized carbons (Fsp3) is 0.318. The van der Waals surface area contributed by atoms with Crippen LogP contribution >= 0.6 is 0 Å². The van der Waals surface area contributed by atoms with Crippen molar-refractivity contribution in [3.63, 3.8) is 0 Å². The van der Waals surface area contributed by atoms with E-state index in [1.807, 2.05) is 19.3 Å². The zero-order chi connectivity index (χ0) is 21.0. The Morgan fingerprint density at radius 1 is 1.27 bits per heavy atom. The molecule has 1 fully saturated rings. The lowest BCUT2D eigenvalue weighted by atomic mass is 10.1. The van der Waals surface area contributed by atoms with E-state index in [9.17, 15) is 9.18 Å². The number of nitrogens with one attached hydrogen (secondary N) is 1. The van der Waals surface area contributed by atoms with Crippen LogP contribution in [0.3, 0.4) is 0 Å². The number of aryl methyl sites for hydroxylation is 2. The number of imidazole rings is 1. The Kier molecular flexibility index (Phi) is 4.23. The quantitative estimate of drug-likeness (QED) is 0.562. The Labute approximate surface area is 173 Å². The van der Waals surface area contributed by atoms with E-state index in [4.69, 9.17) is 0 Å². The van der Waals surface area contributed by atoms with Gasteiger partial charge in [-0.15, -0.1) is 0 Å². The summed E-state index contributed by atoms with van der Waals surface area (Å²) in [6.07, 6.45) is 6.49. The molecule has 0 bridgehead atoms. The van der Waals surface area contributed by atoms with Gasteiger partial charge in [-0.05, 0) is 31.4 Å². The van der Waals surface area contributed by atoms with Crippen LogP contribution in [0.5, 0.6) is 0 Å². The summed E-state index contributed by atoms with van der Waals surface area (Å²) in [6, 6.07) is 5.08. The summed E-state index contributed by atoms with van der Waals surface area (Å²) in [5.41, 5.74) is 3.52. The Balaban J connectivity index is 1.51. The van der Waals surface area contributed by atoms with Gasteiger partial charge in [-0.1, -0.05) is 6.92 Å². The van der Waals surface area contributed by atoms with Gasteiger partial charge >= 0.3 is 0 Å². The summed E-state index contributed by atoms with van der Waals surface area (Å²) in [5.74, 6) is -0.158. The molecule has 0 radical (unpaired) electrons. The van der Waals surface area contributed by atoms with Gasteiger partial charge < -0.3 is 14.6 Å². The summed E-state index contributed by atoms with van der Waals surface area (Å²) in [6.45, 7) is 6.05. The maximum absolute atomic E-state index is 14.4. The molecule has 8 heteroatoms. The van der Waals surface area contributed by atoms with Crippen LogP contribution in [0.25, 0.3) is 16.6 Å². The maximum atomic E-state index is 14.4. The molecule has 1 amide bonds. The first kappa shape index (κ1) is 18.6. The van der Waals surface area contributed by atoms with Crippen molar-refractivity contribution >= 4 is 33.8 Å². The number of benzene rings is 1. The van der Waals surface area contributed by atoms with Crippen LogP contribution < -0.4 is 10.2 Å². The molecule has 5 rings (SSSR count). The summed E-state index contributed by atoms with van der Waals surface area (Å²) < 4.78 is 17.7. The van der Waals surface area contributed by atoms with Gasteiger partial charge in [0.25, 0.3) is 5.91 Å². The van der Waals surface area contributed by atoms with Gasteiger partial charge in [-0.25, -0.2) is 9.37 Å². The van der Waals surface area contributed by atoms with E-state index in [2.05, 4.69) is 27.2 Å². The third-order valence-corrected chi connectivity index (χ3v) is 5.66. The standard InChI is InChI=1S/C22H23FN6O/c1-13-6-7-28(9-13)19-5-4-16(20-17(19)12-27(3)26-20)22(30)25-15-8-18(23)21-24-14(2)10-29(21)11-15/h4-5,8,10-13H,6-7,9H2,1-3H3,(H,25,30). The molecule has 1 N–H and O–H groups in total. The predicted molar refractivity (Wildman–Crippen MR) is 115 cm³/mol. The summed E-state index contributed by atoms with van der Waals surface area (Å²) in [7, 11) is 1.85. The highest BCUT2D eigenvalue weighted by atomic mass is 19.1. The zero-order valence-corrected chi connectivity index (χ0v) is 17.2. The number of hydrogen-bond acceptors (Lipinski definition) is 4. The SMILES string of the molecule is Cc1cn2cc(NC(=O)c3ccc(N4CCC(C)C4)c4cn(C)nc34)cc(F)c2n1. The summed E-state index contributed by atoms with van der Waals surface area (Å²) >= 11 is 0.